The number of Topliss-reactive ketones (excluding diaryl/α,β-unsaturated/α-hetero) is 3. The fourth-order valence-corrected chi connectivity index (χ4v) is 8.34. The molecule has 4 atom stereocenters. The summed E-state index contributed by atoms with van der Waals surface area (Å²) in [6.07, 6.45) is 17.4. The van der Waals surface area contributed by atoms with Crippen molar-refractivity contribution in [3.63, 3.8) is 0 Å². The first-order valence-corrected chi connectivity index (χ1v) is 28.9. The van der Waals surface area contributed by atoms with Crippen LogP contribution in [0.2, 0.25) is 0 Å². The molecule has 0 fully saturated rings. The van der Waals surface area contributed by atoms with Crippen molar-refractivity contribution in [3.8, 4) is 0 Å². The van der Waals surface area contributed by atoms with Gasteiger partial charge in [-0.3, -0.25) is 38.4 Å². The molecule has 0 aliphatic carbocycles. The highest BCUT2D eigenvalue weighted by atomic mass is 16.5. The van der Waals surface area contributed by atoms with Gasteiger partial charge in [0.25, 0.3) is 0 Å². The standard InChI is InChI=1S/C56H97N5O19/c1-3-43(48(65)39-62)21-18-19-29-57-49(66)27-24-47(56(75)76)61-52(69)26-23-44(54(71)72)38-45(64)40-79-36-34-78-33-31-59-53(70)41-80-37-35-77-32-30-58-50(67)28-25-46(55(73)74)60-51(68)22-17-15-13-11-9-7-5-4-6-8-10-12-14-16-20-42(2)63/h43-44,46-47,62H,3-41H2,1-2H3,(H,57,66)(H,58,67)(H,59,70)(H,60,68)(H,61,69)(H,71,72)(H,73,74)(H,75,76)/t43-,44+,46-,47-/m0/s1. The third-order valence-electron chi connectivity index (χ3n) is 13.1. The van der Waals surface area contributed by atoms with Gasteiger partial charge in [-0.15, -0.1) is 0 Å². The van der Waals surface area contributed by atoms with Crippen LogP contribution in [0, 0.1) is 11.8 Å². The first-order valence-electron chi connectivity index (χ1n) is 28.9. The number of hydrogen-bond donors (Lipinski definition) is 9. The normalized spacial score (nSPS) is 12.6. The van der Waals surface area contributed by atoms with E-state index in [0.717, 1.165) is 32.1 Å². The highest BCUT2D eigenvalue weighted by Crippen LogP contribution is 2.16. The average molecular weight is 1140 g/mol. The van der Waals surface area contributed by atoms with Crippen LogP contribution in [0.1, 0.15) is 187 Å². The van der Waals surface area contributed by atoms with E-state index in [1.54, 1.807) is 6.92 Å². The van der Waals surface area contributed by atoms with Crippen LogP contribution in [0.15, 0.2) is 0 Å². The molecule has 0 aromatic heterocycles. The summed E-state index contributed by atoms with van der Waals surface area (Å²) in [4.78, 5) is 132. The van der Waals surface area contributed by atoms with Crippen molar-refractivity contribution in [2.75, 3.05) is 79.1 Å². The molecule has 0 radical (unpaired) electrons. The first-order chi connectivity index (χ1) is 38.4. The van der Waals surface area contributed by atoms with Crippen molar-refractivity contribution in [1.29, 1.82) is 0 Å². The number of carbonyl (C=O) groups is 11. The van der Waals surface area contributed by atoms with Gasteiger partial charge in [0.05, 0.1) is 45.6 Å². The zero-order chi connectivity index (χ0) is 59.6. The van der Waals surface area contributed by atoms with Gasteiger partial charge >= 0.3 is 17.9 Å². The molecule has 24 nitrogen and oxygen atoms in total. The Kier molecular flexibility index (Phi) is 47.1. The number of unbranched alkanes of at least 4 members (excludes halogenated alkanes) is 14. The summed E-state index contributed by atoms with van der Waals surface area (Å²) < 4.78 is 21.3. The lowest BCUT2D eigenvalue weighted by molar-refractivity contribution is -0.145. The number of carbonyl (C=O) groups excluding carboxylic acids is 8. The summed E-state index contributed by atoms with van der Waals surface area (Å²) >= 11 is 0. The second-order valence-corrected chi connectivity index (χ2v) is 20.1. The molecule has 0 heterocycles. The van der Waals surface area contributed by atoms with E-state index in [0.29, 0.717) is 45.1 Å². The molecule has 9 N–H and O–H groups in total. The topological polar surface area (TPSA) is 366 Å². The number of ketones is 3. The Morgan fingerprint density at radius 2 is 0.825 bits per heavy atom. The number of amides is 5. The van der Waals surface area contributed by atoms with Crippen molar-refractivity contribution in [2.45, 2.75) is 199 Å². The average Bonchev–Trinajstić information content (AvgIpc) is 3.41. The quantitative estimate of drug-likeness (QED) is 0.0387. The van der Waals surface area contributed by atoms with Crippen molar-refractivity contribution in [2.24, 2.45) is 11.8 Å². The molecule has 0 unspecified atom stereocenters. The van der Waals surface area contributed by atoms with Crippen LogP contribution in [-0.2, 0) is 71.7 Å². The van der Waals surface area contributed by atoms with E-state index in [4.69, 9.17) is 24.1 Å². The van der Waals surface area contributed by atoms with Crippen LogP contribution in [0.25, 0.3) is 0 Å². The molecule has 0 aliphatic heterocycles. The number of aliphatic hydroxyl groups is 1. The number of aliphatic hydroxyl groups excluding tert-OH is 1. The second-order valence-electron chi connectivity index (χ2n) is 20.1. The van der Waals surface area contributed by atoms with E-state index in [1.807, 2.05) is 6.92 Å². The number of hydrogen-bond acceptors (Lipinski definition) is 16. The zero-order valence-corrected chi connectivity index (χ0v) is 47.8. The molecular formula is C56H97N5O19. The van der Waals surface area contributed by atoms with Gasteiger partial charge in [-0.1, -0.05) is 90.4 Å². The summed E-state index contributed by atoms with van der Waals surface area (Å²) in [6, 6.07) is -2.57. The lowest BCUT2D eigenvalue weighted by Gasteiger charge is -2.16. The Labute approximate surface area is 472 Å². The van der Waals surface area contributed by atoms with Gasteiger partial charge in [0, 0.05) is 64.1 Å². The van der Waals surface area contributed by atoms with Crippen molar-refractivity contribution in [3.05, 3.63) is 0 Å². The fraction of sp³-hybridized carbons (Fsp3) is 0.804. The van der Waals surface area contributed by atoms with E-state index >= 15 is 0 Å². The Hall–Kier alpha value is -5.43. The van der Waals surface area contributed by atoms with E-state index in [2.05, 4.69) is 26.6 Å². The molecule has 24 heteroatoms. The van der Waals surface area contributed by atoms with Gasteiger partial charge in [-0.05, 0) is 58.3 Å². The molecule has 460 valence electrons. The molecule has 0 aromatic rings. The largest absolute Gasteiger partial charge is 0.481 e. The number of carboxylic acids is 3. The number of nitrogens with one attached hydrogen (secondary N) is 5. The number of carboxylic acid groups (broad SMARTS) is 3. The minimum Gasteiger partial charge on any atom is -0.481 e. The number of rotatable bonds is 57. The summed E-state index contributed by atoms with van der Waals surface area (Å²) in [6.45, 7) is 3.53. The second kappa shape index (κ2) is 50.5. The predicted octanol–water partition coefficient (Wildman–Crippen LogP) is 4.13. The molecule has 0 spiro atoms. The van der Waals surface area contributed by atoms with Gasteiger partial charge in [-0.2, -0.15) is 0 Å². The Morgan fingerprint density at radius 1 is 0.400 bits per heavy atom. The maximum absolute atomic E-state index is 12.5. The Balaban J connectivity index is 3.98. The molecule has 80 heavy (non-hydrogen) atoms. The lowest BCUT2D eigenvalue weighted by atomic mass is 9.95. The van der Waals surface area contributed by atoms with E-state index in [-0.39, 0.29) is 134 Å². The van der Waals surface area contributed by atoms with Gasteiger partial charge in [-0.25, -0.2) is 9.59 Å². The molecule has 0 aliphatic rings. The minimum absolute atomic E-state index is 0.00503. The van der Waals surface area contributed by atoms with Crippen molar-refractivity contribution < 1.29 is 92.1 Å². The van der Waals surface area contributed by atoms with Crippen LogP contribution in [0.4, 0.5) is 0 Å². The maximum atomic E-state index is 12.5. The number of aliphatic carboxylic acids is 3. The highest BCUT2D eigenvalue weighted by molar-refractivity contribution is 5.87. The lowest BCUT2D eigenvalue weighted by Crippen LogP contribution is -2.42. The van der Waals surface area contributed by atoms with E-state index in [1.165, 1.54) is 51.4 Å². The fourth-order valence-electron chi connectivity index (χ4n) is 8.34. The summed E-state index contributed by atoms with van der Waals surface area (Å²) in [5.74, 6) is -8.19. The molecule has 0 saturated heterocycles. The minimum atomic E-state index is -1.40. The van der Waals surface area contributed by atoms with Crippen LogP contribution in [-0.4, -0.2) is 176 Å². The first kappa shape index (κ1) is 74.6. The summed E-state index contributed by atoms with van der Waals surface area (Å²) in [5, 5.41) is 50.5. The van der Waals surface area contributed by atoms with Crippen LogP contribution in [0.5, 0.6) is 0 Å². The number of ether oxygens (including phenoxy) is 4. The molecule has 0 saturated carbocycles. The van der Waals surface area contributed by atoms with Crippen molar-refractivity contribution >= 4 is 64.8 Å². The van der Waals surface area contributed by atoms with Crippen LogP contribution >= 0.6 is 0 Å². The van der Waals surface area contributed by atoms with Crippen LogP contribution < -0.4 is 26.6 Å². The molecule has 5 amide bonds. The zero-order valence-electron chi connectivity index (χ0n) is 47.8. The third-order valence-corrected chi connectivity index (χ3v) is 13.1. The van der Waals surface area contributed by atoms with Gasteiger partial charge in [0.15, 0.2) is 11.6 Å². The third kappa shape index (κ3) is 45.3. The predicted molar refractivity (Wildman–Crippen MR) is 294 cm³/mol. The van der Waals surface area contributed by atoms with E-state index < -0.39 is 79.0 Å². The smallest absolute Gasteiger partial charge is 0.326 e. The molecule has 0 bridgehead atoms. The SMILES string of the molecule is CC[C@@H](CCCCNC(=O)CC[C@H](NC(=O)CC[C@H](CC(=O)COCCOCCNC(=O)COCCOCCNC(=O)CC[C@H](NC(=O)CCCCCCCCCCCCCCCCC(C)=O)C(=O)O)C(=O)O)C(=O)O)C(=O)CO. The van der Waals surface area contributed by atoms with Gasteiger partial charge < -0.3 is 70.8 Å². The molecular weight excluding hydrogens is 1050 g/mol. The summed E-state index contributed by atoms with van der Waals surface area (Å²) in [7, 11) is 0. The summed E-state index contributed by atoms with van der Waals surface area (Å²) in [5.41, 5.74) is 0. The monoisotopic (exact) mass is 1140 g/mol. The Morgan fingerprint density at radius 3 is 1.29 bits per heavy atom. The molecule has 0 rings (SSSR count). The van der Waals surface area contributed by atoms with Gasteiger partial charge in [0.1, 0.15) is 37.7 Å². The Bertz CT molecular complexity index is 1800. The van der Waals surface area contributed by atoms with E-state index in [9.17, 15) is 68.1 Å². The van der Waals surface area contributed by atoms with Crippen LogP contribution in [0.3, 0.4) is 0 Å². The van der Waals surface area contributed by atoms with Crippen molar-refractivity contribution in [1.82, 2.24) is 26.6 Å². The van der Waals surface area contributed by atoms with Gasteiger partial charge in [0.2, 0.25) is 29.5 Å². The highest BCUT2D eigenvalue weighted by Gasteiger charge is 2.26. The molecule has 0 aromatic carbocycles. The maximum Gasteiger partial charge on any atom is 0.326 e.